The molecule has 0 bridgehead atoms. The number of carbonyl (C=O) groups excluding carboxylic acids is 1. The Kier molecular flexibility index (Phi) is 6.78. The standard InChI is InChI=1S/C21H32N2O3/c1-25-19-8-7-16(13-20(19)26-2)9-11-22-21(24)15-23-12-10-17-5-3-4-6-18(17)14-23/h7-8,13,17-18H,3-6,9-12,14-15H2,1-2H3,(H,22,24). The second kappa shape index (κ2) is 9.26. The van der Waals surface area contributed by atoms with E-state index in [0.717, 1.165) is 48.4 Å². The van der Waals surface area contributed by atoms with Crippen molar-refractivity contribution in [3.05, 3.63) is 23.8 Å². The van der Waals surface area contributed by atoms with Gasteiger partial charge in [0.15, 0.2) is 11.5 Å². The minimum Gasteiger partial charge on any atom is -0.493 e. The summed E-state index contributed by atoms with van der Waals surface area (Å²) in [6.45, 7) is 3.36. The fourth-order valence-electron chi connectivity index (χ4n) is 4.46. The number of rotatable bonds is 7. The molecule has 3 rings (SSSR count). The van der Waals surface area contributed by atoms with Gasteiger partial charge in [0, 0.05) is 13.1 Å². The molecule has 1 aliphatic carbocycles. The zero-order valence-corrected chi connectivity index (χ0v) is 16.1. The monoisotopic (exact) mass is 360 g/mol. The van der Waals surface area contributed by atoms with Crippen molar-refractivity contribution in [2.24, 2.45) is 11.8 Å². The van der Waals surface area contributed by atoms with Crippen LogP contribution in [-0.2, 0) is 11.2 Å². The van der Waals surface area contributed by atoms with Gasteiger partial charge in [-0.3, -0.25) is 9.69 Å². The van der Waals surface area contributed by atoms with Gasteiger partial charge >= 0.3 is 0 Å². The number of ether oxygens (including phenoxy) is 2. The van der Waals surface area contributed by atoms with Crippen LogP contribution in [0.1, 0.15) is 37.7 Å². The molecule has 2 aliphatic rings. The Morgan fingerprint density at radius 2 is 1.88 bits per heavy atom. The molecule has 5 heteroatoms. The number of likely N-dealkylation sites (tertiary alicyclic amines) is 1. The molecule has 2 fully saturated rings. The van der Waals surface area contributed by atoms with Crippen molar-refractivity contribution in [3.63, 3.8) is 0 Å². The van der Waals surface area contributed by atoms with Crippen molar-refractivity contribution in [3.8, 4) is 11.5 Å². The Morgan fingerprint density at radius 1 is 1.12 bits per heavy atom. The average molecular weight is 360 g/mol. The third kappa shape index (κ3) is 4.91. The third-order valence-corrected chi connectivity index (χ3v) is 5.93. The minimum atomic E-state index is 0.139. The minimum absolute atomic E-state index is 0.139. The van der Waals surface area contributed by atoms with Crippen molar-refractivity contribution in [1.29, 1.82) is 0 Å². The molecule has 0 radical (unpaired) electrons. The molecule has 0 aromatic heterocycles. The zero-order chi connectivity index (χ0) is 18.4. The number of carbonyl (C=O) groups is 1. The second-order valence-electron chi connectivity index (χ2n) is 7.62. The largest absolute Gasteiger partial charge is 0.493 e. The summed E-state index contributed by atoms with van der Waals surface area (Å²) in [6, 6.07) is 5.89. The number of piperidine rings is 1. The lowest BCUT2D eigenvalue weighted by Crippen LogP contribution is -2.46. The van der Waals surface area contributed by atoms with Crippen LogP contribution in [0.15, 0.2) is 18.2 Å². The Balaban J connectivity index is 1.40. The lowest BCUT2D eigenvalue weighted by Gasteiger charge is -2.41. The van der Waals surface area contributed by atoms with Crippen LogP contribution in [0, 0.1) is 11.8 Å². The summed E-state index contributed by atoms with van der Waals surface area (Å²) in [4.78, 5) is 14.6. The first-order valence-electron chi connectivity index (χ1n) is 9.89. The quantitative estimate of drug-likeness (QED) is 0.812. The Morgan fingerprint density at radius 3 is 2.65 bits per heavy atom. The summed E-state index contributed by atoms with van der Waals surface area (Å²) in [6.07, 6.45) is 7.57. The predicted molar refractivity (Wildman–Crippen MR) is 103 cm³/mol. The molecule has 26 heavy (non-hydrogen) atoms. The summed E-state index contributed by atoms with van der Waals surface area (Å²) in [5.41, 5.74) is 1.13. The van der Waals surface area contributed by atoms with E-state index in [2.05, 4.69) is 10.2 Å². The second-order valence-corrected chi connectivity index (χ2v) is 7.62. The maximum Gasteiger partial charge on any atom is 0.234 e. The van der Waals surface area contributed by atoms with Crippen LogP contribution in [0.4, 0.5) is 0 Å². The summed E-state index contributed by atoms with van der Waals surface area (Å²) in [5, 5.41) is 3.06. The number of methoxy groups -OCH3 is 2. The summed E-state index contributed by atoms with van der Waals surface area (Å²) < 4.78 is 10.6. The van der Waals surface area contributed by atoms with E-state index in [4.69, 9.17) is 9.47 Å². The third-order valence-electron chi connectivity index (χ3n) is 5.93. The summed E-state index contributed by atoms with van der Waals surface area (Å²) in [5.74, 6) is 3.32. The Bertz CT molecular complexity index is 605. The molecule has 0 spiro atoms. The first kappa shape index (κ1) is 19.0. The molecule has 144 valence electrons. The predicted octanol–water partition coefficient (Wildman–Crippen LogP) is 2.87. The van der Waals surface area contributed by atoms with Crippen LogP contribution in [-0.4, -0.2) is 51.2 Å². The van der Waals surface area contributed by atoms with Crippen molar-refractivity contribution >= 4 is 5.91 Å². The van der Waals surface area contributed by atoms with Gasteiger partial charge in [0.1, 0.15) is 0 Å². The molecule has 2 atom stereocenters. The Labute approximate surface area is 157 Å². The number of amides is 1. The van der Waals surface area contributed by atoms with Gasteiger partial charge in [-0.1, -0.05) is 25.3 Å². The van der Waals surface area contributed by atoms with Crippen molar-refractivity contribution in [2.75, 3.05) is 40.4 Å². The van der Waals surface area contributed by atoms with E-state index in [1.165, 1.54) is 32.1 Å². The van der Waals surface area contributed by atoms with Crippen LogP contribution >= 0.6 is 0 Å². The Hall–Kier alpha value is -1.75. The van der Waals surface area contributed by atoms with Crippen LogP contribution in [0.5, 0.6) is 11.5 Å². The molecule has 1 aliphatic heterocycles. The fourth-order valence-corrected chi connectivity index (χ4v) is 4.46. The molecular formula is C21H32N2O3. The highest BCUT2D eigenvalue weighted by Crippen LogP contribution is 2.35. The first-order valence-corrected chi connectivity index (χ1v) is 9.89. The van der Waals surface area contributed by atoms with Gasteiger partial charge in [-0.25, -0.2) is 0 Å². The molecule has 1 saturated carbocycles. The van der Waals surface area contributed by atoms with Crippen LogP contribution in [0.3, 0.4) is 0 Å². The number of nitrogens with zero attached hydrogens (tertiary/aromatic N) is 1. The average Bonchev–Trinajstić information content (AvgIpc) is 2.67. The van der Waals surface area contributed by atoms with Gasteiger partial charge in [0.25, 0.3) is 0 Å². The van der Waals surface area contributed by atoms with Gasteiger partial charge in [0.2, 0.25) is 5.91 Å². The van der Waals surface area contributed by atoms with E-state index < -0.39 is 0 Å². The van der Waals surface area contributed by atoms with E-state index in [9.17, 15) is 4.79 Å². The topological polar surface area (TPSA) is 50.8 Å². The first-order chi connectivity index (χ1) is 12.7. The number of nitrogens with one attached hydrogen (secondary N) is 1. The molecule has 1 N–H and O–H groups in total. The molecular weight excluding hydrogens is 328 g/mol. The number of hydrogen-bond acceptors (Lipinski definition) is 4. The summed E-state index contributed by atoms with van der Waals surface area (Å²) in [7, 11) is 3.27. The van der Waals surface area contributed by atoms with Crippen molar-refractivity contribution in [2.45, 2.75) is 38.5 Å². The van der Waals surface area contributed by atoms with E-state index in [0.29, 0.717) is 13.1 Å². The van der Waals surface area contributed by atoms with E-state index in [1.54, 1.807) is 14.2 Å². The van der Waals surface area contributed by atoms with Gasteiger partial charge in [-0.05, 0) is 55.3 Å². The van der Waals surface area contributed by atoms with E-state index in [-0.39, 0.29) is 5.91 Å². The lowest BCUT2D eigenvalue weighted by molar-refractivity contribution is -0.123. The highest BCUT2D eigenvalue weighted by atomic mass is 16.5. The van der Waals surface area contributed by atoms with Gasteiger partial charge in [0.05, 0.1) is 20.8 Å². The maximum absolute atomic E-state index is 12.3. The highest BCUT2D eigenvalue weighted by molar-refractivity contribution is 5.78. The van der Waals surface area contributed by atoms with Gasteiger partial charge < -0.3 is 14.8 Å². The molecule has 5 nitrogen and oxygen atoms in total. The molecule has 1 saturated heterocycles. The highest BCUT2D eigenvalue weighted by Gasteiger charge is 2.31. The molecule has 1 aromatic carbocycles. The van der Waals surface area contributed by atoms with E-state index >= 15 is 0 Å². The zero-order valence-electron chi connectivity index (χ0n) is 16.1. The van der Waals surface area contributed by atoms with Crippen LogP contribution < -0.4 is 14.8 Å². The SMILES string of the molecule is COc1ccc(CCNC(=O)CN2CCC3CCCCC3C2)cc1OC. The molecule has 2 unspecified atom stereocenters. The van der Waals surface area contributed by atoms with Crippen LogP contribution in [0.2, 0.25) is 0 Å². The maximum atomic E-state index is 12.3. The molecule has 1 heterocycles. The lowest BCUT2D eigenvalue weighted by atomic mass is 9.75. The summed E-state index contributed by atoms with van der Waals surface area (Å²) >= 11 is 0. The van der Waals surface area contributed by atoms with Crippen LogP contribution in [0.25, 0.3) is 0 Å². The fraction of sp³-hybridized carbons (Fsp3) is 0.667. The normalized spacial score (nSPS) is 23.2. The van der Waals surface area contributed by atoms with Crippen molar-refractivity contribution in [1.82, 2.24) is 10.2 Å². The van der Waals surface area contributed by atoms with Gasteiger partial charge in [-0.15, -0.1) is 0 Å². The van der Waals surface area contributed by atoms with Gasteiger partial charge in [-0.2, -0.15) is 0 Å². The van der Waals surface area contributed by atoms with Crippen molar-refractivity contribution < 1.29 is 14.3 Å². The molecule has 1 aromatic rings. The molecule has 1 amide bonds. The smallest absolute Gasteiger partial charge is 0.234 e. The number of benzene rings is 1. The number of fused-ring (bicyclic) bond motifs is 1. The van der Waals surface area contributed by atoms with E-state index in [1.807, 2.05) is 18.2 Å². The number of hydrogen-bond donors (Lipinski definition) is 1.